The van der Waals surface area contributed by atoms with Crippen molar-refractivity contribution in [2.24, 2.45) is 11.7 Å². The van der Waals surface area contributed by atoms with Crippen LogP contribution in [0.3, 0.4) is 0 Å². The van der Waals surface area contributed by atoms with Crippen LogP contribution in [0.2, 0.25) is 5.02 Å². The molecule has 1 amide bonds. The molecule has 0 aliphatic heterocycles. The number of amides is 1. The van der Waals surface area contributed by atoms with Crippen LogP contribution >= 0.6 is 11.6 Å². The second-order valence-corrected chi connectivity index (χ2v) is 4.87. The maximum absolute atomic E-state index is 12.5. The van der Waals surface area contributed by atoms with Crippen LogP contribution < -0.4 is 11.1 Å². The highest BCUT2D eigenvalue weighted by Crippen LogP contribution is 2.32. The molecule has 2 atom stereocenters. The minimum Gasteiger partial charge on any atom is -0.368 e. The molecule has 112 valence electrons. The lowest BCUT2D eigenvalue weighted by Crippen LogP contribution is -2.40. The maximum atomic E-state index is 12.5. The lowest BCUT2D eigenvalue weighted by molar-refractivity contribution is -0.137. The molecule has 4 nitrogen and oxygen atoms in total. The van der Waals surface area contributed by atoms with E-state index in [0.717, 1.165) is 6.07 Å². The summed E-state index contributed by atoms with van der Waals surface area (Å²) in [5.74, 6) is -0.714. The van der Waals surface area contributed by atoms with E-state index in [9.17, 15) is 18.0 Å². The summed E-state index contributed by atoms with van der Waals surface area (Å²) in [6.07, 6.45) is -3.20. The second kappa shape index (κ2) is 6.30. The first-order valence-electron chi connectivity index (χ1n) is 5.95. The Labute approximate surface area is 119 Å². The van der Waals surface area contributed by atoms with Gasteiger partial charge in [-0.15, -0.1) is 0 Å². The first kappa shape index (κ1) is 16.6. The van der Waals surface area contributed by atoms with E-state index in [1.54, 1.807) is 6.92 Å². The van der Waals surface area contributed by atoms with Gasteiger partial charge in [0.25, 0.3) is 0 Å². The molecule has 0 unspecified atom stereocenters. The molecule has 0 fully saturated rings. The van der Waals surface area contributed by atoms with Crippen LogP contribution in [0.5, 0.6) is 0 Å². The number of nitrogens with two attached hydrogens (primary N) is 1. The number of nitrogens with zero attached hydrogens (tertiary/aromatic N) is 1. The lowest BCUT2D eigenvalue weighted by Gasteiger charge is -2.22. The van der Waals surface area contributed by atoms with E-state index in [1.807, 2.05) is 6.92 Å². The van der Waals surface area contributed by atoms with E-state index in [2.05, 4.69) is 10.3 Å². The number of hydrogen-bond acceptors (Lipinski definition) is 3. The summed E-state index contributed by atoms with van der Waals surface area (Å²) in [5, 5.41) is 2.48. The van der Waals surface area contributed by atoms with Gasteiger partial charge in [0.05, 0.1) is 10.6 Å². The Morgan fingerprint density at radius 1 is 1.55 bits per heavy atom. The minimum atomic E-state index is -4.52. The van der Waals surface area contributed by atoms with E-state index < -0.39 is 23.7 Å². The van der Waals surface area contributed by atoms with E-state index in [-0.39, 0.29) is 16.8 Å². The molecule has 0 radical (unpaired) electrons. The lowest BCUT2D eigenvalue weighted by atomic mass is 9.98. The Hall–Kier alpha value is -1.50. The molecule has 3 N–H and O–H groups in total. The second-order valence-electron chi connectivity index (χ2n) is 4.46. The molecule has 1 aromatic heterocycles. The summed E-state index contributed by atoms with van der Waals surface area (Å²) >= 11 is 5.75. The van der Waals surface area contributed by atoms with Gasteiger partial charge >= 0.3 is 6.18 Å². The summed E-state index contributed by atoms with van der Waals surface area (Å²) in [7, 11) is 0. The molecule has 1 heterocycles. The molecule has 0 aliphatic carbocycles. The molecule has 1 rings (SSSR count). The summed E-state index contributed by atoms with van der Waals surface area (Å²) in [6, 6.07) is 0.00712. The number of carbonyl (C=O) groups excluding carboxylic acids is 1. The van der Waals surface area contributed by atoms with Crippen LogP contribution in [-0.2, 0) is 11.0 Å². The van der Waals surface area contributed by atoms with E-state index >= 15 is 0 Å². The zero-order chi connectivity index (χ0) is 15.5. The van der Waals surface area contributed by atoms with Crippen LogP contribution in [0, 0.1) is 5.92 Å². The van der Waals surface area contributed by atoms with Crippen molar-refractivity contribution in [1.82, 2.24) is 4.98 Å². The maximum Gasteiger partial charge on any atom is 0.417 e. The molecule has 0 spiro atoms. The van der Waals surface area contributed by atoms with Gasteiger partial charge in [0, 0.05) is 6.20 Å². The highest BCUT2D eigenvalue weighted by molar-refractivity contribution is 6.33. The average Bonchev–Trinajstić information content (AvgIpc) is 2.34. The third-order valence-corrected chi connectivity index (χ3v) is 3.27. The molecule has 0 saturated heterocycles. The van der Waals surface area contributed by atoms with Crippen LogP contribution in [-0.4, -0.2) is 16.9 Å². The van der Waals surface area contributed by atoms with Gasteiger partial charge in [0.15, 0.2) is 0 Å². The van der Waals surface area contributed by atoms with Crippen molar-refractivity contribution in [3.05, 3.63) is 22.8 Å². The monoisotopic (exact) mass is 309 g/mol. The first-order chi connectivity index (χ1) is 9.16. The van der Waals surface area contributed by atoms with Crippen LogP contribution in [0.25, 0.3) is 0 Å². The average molecular weight is 310 g/mol. The molecule has 20 heavy (non-hydrogen) atoms. The van der Waals surface area contributed by atoms with Gasteiger partial charge in [0.2, 0.25) is 5.91 Å². The quantitative estimate of drug-likeness (QED) is 0.878. The number of hydrogen-bond donors (Lipinski definition) is 2. The number of carbonyl (C=O) groups is 1. The van der Waals surface area contributed by atoms with E-state index in [0.29, 0.717) is 12.6 Å². The van der Waals surface area contributed by atoms with Crippen molar-refractivity contribution in [2.45, 2.75) is 32.5 Å². The number of alkyl halides is 3. The van der Waals surface area contributed by atoms with Gasteiger partial charge in [-0.05, 0) is 12.0 Å². The Bertz CT molecular complexity index is 493. The predicted octanol–water partition coefficient (Wildman–Crippen LogP) is 3.07. The summed E-state index contributed by atoms with van der Waals surface area (Å²) in [6.45, 7) is 3.66. The first-order valence-corrected chi connectivity index (χ1v) is 6.33. The largest absolute Gasteiger partial charge is 0.417 e. The summed E-state index contributed by atoms with van der Waals surface area (Å²) < 4.78 is 37.4. The number of aromatic nitrogens is 1. The third kappa shape index (κ3) is 4.00. The fourth-order valence-electron chi connectivity index (χ4n) is 1.58. The zero-order valence-corrected chi connectivity index (χ0v) is 11.7. The fraction of sp³-hybridized carbons (Fsp3) is 0.500. The molecule has 0 bridgehead atoms. The predicted molar refractivity (Wildman–Crippen MR) is 70.3 cm³/mol. The number of anilines is 1. The highest BCUT2D eigenvalue weighted by Gasteiger charge is 2.32. The minimum absolute atomic E-state index is 0.00349. The molecular formula is C12H15ClF3N3O. The van der Waals surface area contributed by atoms with Gasteiger partial charge in [-0.25, -0.2) is 4.98 Å². The highest BCUT2D eigenvalue weighted by atomic mass is 35.5. The topological polar surface area (TPSA) is 68.0 Å². The van der Waals surface area contributed by atoms with E-state index in [1.165, 1.54) is 0 Å². The standard InChI is InChI=1S/C12H15ClF3N3O/c1-3-6(2)9(10(17)20)19-11-8(13)4-7(5-18-11)12(14,15)16/h4-6,9H,3H2,1-2H3,(H2,17,20)(H,18,19)/t6-,9-/m1/s1. The third-order valence-electron chi connectivity index (χ3n) is 2.98. The smallest absolute Gasteiger partial charge is 0.368 e. The fourth-order valence-corrected chi connectivity index (χ4v) is 1.80. The van der Waals surface area contributed by atoms with Crippen molar-refractivity contribution in [1.29, 1.82) is 0 Å². The Kier molecular flexibility index (Phi) is 5.21. The molecular weight excluding hydrogens is 295 g/mol. The molecule has 0 saturated carbocycles. The number of halogens is 4. The Morgan fingerprint density at radius 2 is 2.15 bits per heavy atom. The Morgan fingerprint density at radius 3 is 2.55 bits per heavy atom. The summed E-state index contributed by atoms with van der Waals surface area (Å²) in [4.78, 5) is 15.0. The number of primary amides is 1. The molecule has 1 aromatic rings. The molecule has 0 aromatic carbocycles. The van der Waals surface area contributed by atoms with Gasteiger partial charge in [-0.3, -0.25) is 4.79 Å². The normalized spacial score (nSPS) is 14.7. The van der Waals surface area contributed by atoms with E-state index in [4.69, 9.17) is 17.3 Å². The number of pyridine rings is 1. The Balaban J connectivity index is 3.00. The van der Waals surface area contributed by atoms with Crippen molar-refractivity contribution >= 4 is 23.3 Å². The van der Waals surface area contributed by atoms with Crippen molar-refractivity contribution in [3.8, 4) is 0 Å². The molecule has 0 aliphatic rings. The molecule has 8 heteroatoms. The van der Waals surface area contributed by atoms with Crippen molar-refractivity contribution in [3.63, 3.8) is 0 Å². The van der Waals surface area contributed by atoms with Crippen molar-refractivity contribution < 1.29 is 18.0 Å². The van der Waals surface area contributed by atoms with Gasteiger partial charge in [-0.1, -0.05) is 31.9 Å². The SMILES string of the molecule is CC[C@@H](C)[C@@H](Nc1ncc(C(F)(F)F)cc1Cl)C(N)=O. The summed E-state index contributed by atoms with van der Waals surface area (Å²) in [5.41, 5.74) is 4.31. The van der Waals surface area contributed by atoms with Crippen LogP contribution in [0.4, 0.5) is 19.0 Å². The van der Waals surface area contributed by atoms with Crippen molar-refractivity contribution in [2.75, 3.05) is 5.32 Å². The zero-order valence-electron chi connectivity index (χ0n) is 11.0. The van der Waals surface area contributed by atoms with Gasteiger partial charge in [0.1, 0.15) is 11.9 Å². The van der Waals surface area contributed by atoms with Gasteiger partial charge < -0.3 is 11.1 Å². The number of rotatable bonds is 5. The van der Waals surface area contributed by atoms with Crippen LogP contribution in [0.15, 0.2) is 12.3 Å². The number of nitrogens with one attached hydrogen (secondary N) is 1. The van der Waals surface area contributed by atoms with Crippen LogP contribution in [0.1, 0.15) is 25.8 Å². The van der Waals surface area contributed by atoms with Gasteiger partial charge in [-0.2, -0.15) is 13.2 Å².